The van der Waals surface area contributed by atoms with Gasteiger partial charge in [-0.15, -0.1) is 0 Å². The number of hydrogen-bond acceptors (Lipinski definition) is 4. The minimum atomic E-state index is -3.61. The van der Waals surface area contributed by atoms with Gasteiger partial charge in [-0.1, -0.05) is 12.1 Å². The van der Waals surface area contributed by atoms with Gasteiger partial charge in [-0.2, -0.15) is 0 Å². The first-order chi connectivity index (χ1) is 9.92. The summed E-state index contributed by atoms with van der Waals surface area (Å²) in [6.45, 7) is 3.89. The van der Waals surface area contributed by atoms with Crippen molar-refractivity contribution in [3.8, 4) is 0 Å². The Hall–Kier alpha value is -1.92. The number of nitrogens with one attached hydrogen (secondary N) is 2. The molecule has 1 aromatic heterocycles. The molecule has 2 rings (SSSR count). The summed E-state index contributed by atoms with van der Waals surface area (Å²) in [6, 6.07) is 10.5. The summed E-state index contributed by atoms with van der Waals surface area (Å²) in [5.41, 5.74) is 1.98. The monoisotopic (exact) mass is 305 g/mol. The molecule has 21 heavy (non-hydrogen) atoms. The van der Waals surface area contributed by atoms with Crippen molar-refractivity contribution in [2.24, 2.45) is 0 Å². The number of aromatic nitrogens is 1. The van der Waals surface area contributed by atoms with E-state index in [1.165, 1.54) is 0 Å². The molecule has 0 fully saturated rings. The van der Waals surface area contributed by atoms with Crippen LogP contribution in [-0.4, -0.2) is 20.4 Å². The highest BCUT2D eigenvalue weighted by Gasteiger charge is 2.15. The van der Waals surface area contributed by atoms with E-state index >= 15 is 0 Å². The summed E-state index contributed by atoms with van der Waals surface area (Å²) in [6.07, 6.45) is 1.57. The van der Waals surface area contributed by atoms with Gasteiger partial charge >= 0.3 is 0 Å². The van der Waals surface area contributed by atoms with E-state index in [1.54, 1.807) is 36.5 Å². The molecule has 2 N–H and O–H groups in total. The molecule has 1 heterocycles. The summed E-state index contributed by atoms with van der Waals surface area (Å²) in [5, 5.41) is 3.11. The molecule has 0 aliphatic carbocycles. The van der Waals surface area contributed by atoms with Gasteiger partial charge < -0.3 is 5.32 Å². The number of pyridine rings is 1. The molecular formula is C15H19N3O2S. The van der Waals surface area contributed by atoms with Gasteiger partial charge in [0.25, 0.3) is 10.0 Å². The largest absolute Gasteiger partial charge is 0.313 e. The van der Waals surface area contributed by atoms with Crippen molar-refractivity contribution in [3.63, 3.8) is 0 Å². The Kier molecular flexibility index (Phi) is 4.59. The van der Waals surface area contributed by atoms with Gasteiger partial charge in [0.2, 0.25) is 0 Å². The van der Waals surface area contributed by atoms with Crippen LogP contribution in [0.2, 0.25) is 0 Å². The van der Waals surface area contributed by atoms with E-state index in [9.17, 15) is 8.42 Å². The number of benzene rings is 1. The molecule has 0 saturated heterocycles. The zero-order valence-corrected chi connectivity index (χ0v) is 13.1. The minimum Gasteiger partial charge on any atom is -0.313 e. The Morgan fingerprint density at radius 2 is 1.81 bits per heavy atom. The number of anilines is 1. The molecule has 112 valence electrons. The molecule has 5 nitrogen and oxygen atoms in total. The standard InChI is InChI=1S/C15H19N3O2S/c1-11-8-9-17-15(10-11)18-21(19,20)14-6-4-13(5-7-14)12(2)16-3/h4-10,12,16H,1-3H3,(H,17,18). The Labute approximate surface area is 125 Å². The highest BCUT2D eigenvalue weighted by Crippen LogP contribution is 2.18. The molecule has 0 radical (unpaired) electrons. The lowest BCUT2D eigenvalue weighted by molar-refractivity contribution is 0.600. The van der Waals surface area contributed by atoms with Crippen molar-refractivity contribution in [3.05, 3.63) is 53.7 Å². The van der Waals surface area contributed by atoms with Crippen LogP contribution in [0.3, 0.4) is 0 Å². The van der Waals surface area contributed by atoms with Crippen LogP contribution in [0.4, 0.5) is 5.82 Å². The van der Waals surface area contributed by atoms with E-state index in [1.807, 2.05) is 27.0 Å². The predicted octanol–water partition coefficient (Wildman–Crippen LogP) is 2.47. The average Bonchev–Trinajstić information content (AvgIpc) is 2.46. The van der Waals surface area contributed by atoms with Crippen LogP contribution in [0.25, 0.3) is 0 Å². The summed E-state index contributed by atoms with van der Waals surface area (Å²) in [7, 11) is -1.75. The fraction of sp³-hybridized carbons (Fsp3) is 0.267. The second-order valence-electron chi connectivity index (χ2n) is 4.90. The summed E-state index contributed by atoms with van der Waals surface area (Å²) < 4.78 is 27.1. The van der Waals surface area contributed by atoms with Gasteiger partial charge in [-0.3, -0.25) is 4.72 Å². The molecule has 0 bridgehead atoms. The van der Waals surface area contributed by atoms with Crippen molar-refractivity contribution in [2.45, 2.75) is 24.8 Å². The zero-order chi connectivity index (χ0) is 15.5. The first kappa shape index (κ1) is 15.5. The maximum absolute atomic E-state index is 12.3. The van der Waals surface area contributed by atoms with E-state index in [-0.39, 0.29) is 10.9 Å². The maximum atomic E-state index is 12.3. The Bertz CT molecular complexity index is 712. The Morgan fingerprint density at radius 1 is 1.14 bits per heavy atom. The fourth-order valence-electron chi connectivity index (χ4n) is 1.89. The summed E-state index contributed by atoms with van der Waals surface area (Å²) >= 11 is 0. The molecule has 1 atom stereocenters. The maximum Gasteiger partial charge on any atom is 0.263 e. The summed E-state index contributed by atoms with van der Waals surface area (Å²) in [4.78, 5) is 4.23. The smallest absolute Gasteiger partial charge is 0.263 e. The van der Waals surface area contributed by atoms with Crippen LogP contribution < -0.4 is 10.0 Å². The number of hydrogen-bond donors (Lipinski definition) is 2. The summed E-state index contributed by atoms with van der Waals surface area (Å²) in [5.74, 6) is 0.322. The molecule has 0 amide bonds. The van der Waals surface area contributed by atoms with Gasteiger partial charge in [-0.05, 0) is 56.3 Å². The Morgan fingerprint density at radius 3 is 2.38 bits per heavy atom. The lowest BCUT2D eigenvalue weighted by Crippen LogP contribution is -2.15. The zero-order valence-electron chi connectivity index (χ0n) is 12.3. The molecule has 0 aliphatic heterocycles. The van der Waals surface area contributed by atoms with Crippen molar-refractivity contribution < 1.29 is 8.42 Å². The first-order valence-corrected chi connectivity index (χ1v) is 8.13. The molecule has 2 aromatic rings. The van der Waals surface area contributed by atoms with E-state index in [0.29, 0.717) is 5.82 Å². The fourth-order valence-corrected chi connectivity index (χ4v) is 2.89. The van der Waals surface area contributed by atoms with Crippen molar-refractivity contribution in [1.29, 1.82) is 0 Å². The van der Waals surface area contributed by atoms with E-state index < -0.39 is 10.0 Å². The van der Waals surface area contributed by atoms with E-state index in [0.717, 1.165) is 11.1 Å². The normalized spacial score (nSPS) is 12.9. The van der Waals surface area contributed by atoms with Crippen LogP contribution in [0.5, 0.6) is 0 Å². The molecule has 1 unspecified atom stereocenters. The van der Waals surface area contributed by atoms with Crippen molar-refractivity contribution >= 4 is 15.8 Å². The second-order valence-corrected chi connectivity index (χ2v) is 6.59. The molecule has 0 spiro atoms. The van der Waals surface area contributed by atoms with Crippen molar-refractivity contribution in [1.82, 2.24) is 10.3 Å². The highest BCUT2D eigenvalue weighted by atomic mass is 32.2. The van der Waals surface area contributed by atoms with Gasteiger partial charge in [0.05, 0.1) is 4.90 Å². The third-order valence-electron chi connectivity index (χ3n) is 3.28. The van der Waals surface area contributed by atoms with Gasteiger partial charge in [0, 0.05) is 12.2 Å². The average molecular weight is 305 g/mol. The van der Waals surface area contributed by atoms with Gasteiger partial charge in [0.1, 0.15) is 5.82 Å². The lowest BCUT2D eigenvalue weighted by atomic mass is 10.1. The van der Waals surface area contributed by atoms with Crippen LogP contribution in [0, 0.1) is 6.92 Å². The second kappa shape index (κ2) is 6.24. The number of aryl methyl sites for hydroxylation is 1. The topological polar surface area (TPSA) is 71.1 Å². The van der Waals surface area contributed by atoms with Crippen LogP contribution in [-0.2, 0) is 10.0 Å². The van der Waals surface area contributed by atoms with E-state index in [4.69, 9.17) is 0 Å². The highest BCUT2D eigenvalue weighted by molar-refractivity contribution is 7.92. The van der Waals surface area contributed by atoms with Crippen LogP contribution in [0.15, 0.2) is 47.5 Å². The molecule has 1 aromatic carbocycles. The number of rotatable bonds is 5. The number of sulfonamides is 1. The SMILES string of the molecule is CNC(C)c1ccc(S(=O)(=O)Nc2cc(C)ccn2)cc1. The third-order valence-corrected chi connectivity index (χ3v) is 4.65. The number of nitrogens with zero attached hydrogens (tertiary/aromatic N) is 1. The molecule has 0 saturated carbocycles. The predicted molar refractivity (Wildman–Crippen MR) is 83.7 cm³/mol. The van der Waals surface area contributed by atoms with Crippen LogP contribution >= 0.6 is 0 Å². The van der Waals surface area contributed by atoms with Gasteiger partial charge in [-0.25, -0.2) is 13.4 Å². The quantitative estimate of drug-likeness (QED) is 0.890. The van der Waals surface area contributed by atoms with E-state index in [2.05, 4.69) is 15.0 Å². The minimum absolute atomic E-state index is 0.174. The third kappa shape index (κ3) is 3.80. The first-order valence-electron chi connectivity index (χ1n) is 6.65. The Balaban J connectivity index is 2.23. The van der Waals surface area contributed by atoms with Crippen molar-refractivity contribution in [2.75, 3.05) is 11.8 Å². The van der Waals surface area contributed by atoms with Gasteiger partial charge in [0.15, 0.2) is 0 Å². The molecule has 0 aliphatic rings. The van der Waals surface area contributed by atoms with Crippen LogP contribution in [0.1, 0.15) is 24.1 Å². The molecular weight excluding hydrogens is 286 g/mol. The molecule has 6 heteroatoms. The lowest BCUT2D eigenvalue weighted by Gasteiger charge is -2.12.